The van der Waals surface area contributed by atoms with Crippen LogP contribution in [0, 0.1) is 0 Å². The number of phenols is 4. The maximum Gasteiger partial charge on any atom is 0.182 e. The molecule has 0 saturated heterocycles. The van der Waals surface area contributed by atoms with Crippen molar-refractivity contribution >= 4 is 35.9 Å². The molecule has 8 nitrogen and oxygen atoms in total. The normalized spacial score (nSPS) is 11.8. The molecule has 0 aliphatic heterocycles. The second-order valence-electron chi connectivity index (χ2n) is 9.64. The van der Waals surface area contributed by atoms with E-state index in [1.165, 1.54) is 72.8 Å². The van der Waals surface area contributed by atoms with Crippen molar-refractivity contribution in [2.75, 3.05) is 0 Å². The summed E-state index contributed by atoms with van der Waals surface area (Å²) in [6.07, 6.45) is 14.1. The smallest absolute Gasteiger partial charge is 0.182 e. The molecule has 0 heterocycles. The van der Waals surface area contributed by atoms with Gasteiger partial charge in [-0.05, 0) is 95.1 Å². The summed E-state index contributed by atoms with van der Waals surface area (Å²) in [6, 6.07) is 25.7. The molecule has 0 atom stereocenters. The summed E-state index contributed by atoms with van der Waals surface area (Å²) >= 11 is 0. The van der Waals surface area contributed by atoms with Crippen molar-refractivity contribution in [2.24, 2.45) is 0 Å². The molecule has 0 saturated carbocycles. The molecule has 0 amide bonds. The summed E-state index contributed by atoms with van der Waals surface area (Å²) in [6.45, 7) is 0. The summed E-state index contributed by atoms with van der Waals surface area (Å²) in [5.41, 5.74) is 3.11. The Bertz CT molecular complexity index is 1640. The molecule has 0 radical (unpaired) electrons. The third kappa shape index (κ3) is 15.1. The fourth-order valence-electron chi connectivity index (χ4n) is 3.55. The van der Waals surface area contributed by atoms with Crippen molar-refractivity contribution in [1.29, 1.82) is 0 Å². The second kappa shape index (κ2) is 19.5. The molecule has 4 aromatic carbocycles. The molecular weight excluding hydrogens is 650 g/mol. The largest absolute Gasteiger partial charge is 0.508 e. The summed E-state index contributed by atoms with van der Waals surface area (Å²) in [5.74, 6) is -0.405. The van der Waals surface area contributed by atoms with Gasteiger partial charge >= 0.3 is 0 Å². The van der Waals surface area contributed by atoms with Crippen LogP contribution < -0.4 is 0 Å². The van der Waals surface area contributed by atoms with E-state index in [0.717, 1.165) is 34.4 Å². The zero-order chi connectivity index (χ0) is 33.3. The van der Waals surface area contributed by atoms with Crippen LogP contribution >= 0.6 is 0 Å². The van der Waals surface area contributed by atoms with Gasteiger partial charge in [-0.2, -0.15) is 0 Å². The van der Waals surface area contributed by atoms with Crippen LogP contribution in [0.3, 0.4) is 0 Å². The maximum atomic E-state index is 11.7. The number of hydrogen-bond donors (Lipinski definition) is 6. The Morgan fingerprint density at radius 2 is 0.596 bits per heavy atom. The van der Waals surface area contributed by atoms with Crippen molar-refractivity contribution in [2.45, 2.75) is 0 Å². The van der Waals surface area contributed by atoms with Crippen molar-refractivity contribution < 1.29 is 59.7 Å². The van der Waals surface area contributed by atoms with E-state index in [-0.39, 0.29) is 65.6 Å². The van der Waals surface area contributed by atoms with Crippen LogP contribution in [-0.4, -0.2) is 42.2 Å². The first-order valence-electron chi connectivity index (χ1n) is 13.8. The number of phenolic OH excluding ortho intramolecular Hbond substituents is 4. The van der Waals surface area contributed by atoms with Gasteiger partial charge in [0.05, 0.1) is 0 Å². The van der Waals surface area contributed by atoms with Gasteiger partial charge in [-0.3, -0.25) is 9.59 Å². The second-order valence-corrected chi connectivity index (χ2v) is 9.64. The Balaban J connectivity index is 0.000000320. The van der Waals surface area contributed by atoms with Crippen LogP contribution in [0.15, 0.2) is 145 Å². The summed E-state index contributed by atoms with van der Waals surface area (Å²) in [4.78, 5) is 23.4. The van der Waals surface area contributed by atoms with Gasteiger partial charge in [0.2, 0.25) is 0 Å². The third-order valence-corrected chi connectivity index (χ3v) is 5.93. The van der Waals surface area contributed by atoms with Gasteiger partial charge in [-0.1, -0.05) is 72.8 Å². The van der Waals surface area contributed by atoms with Crippen molar-refractivity contribution in [1.82, 2.24) is 0 Å². The first-order chi connectivity index (χ1) is 22.0. The van der Waals surface area contributed by atoms with Crippen LogP contribution in [0.25, 0.3) is 24.3 Å². The SMILES string of the molecule is O=C(/C=C(O)/C=C/c1ccc(O)cc1)/C=C/c1ccc(O)cc1.O=C(/C=C(O)/C=C/c1ccc(O)cc1)/C=C/c1ccc(O)cc1.[Zn]. The van der Waals surface area contributed by atoms with Crippen LogP contribution in [0.5, 0.6) is 23.0 Å². The van der Waals surface area contributed by atoms with E-state index in [9.17, 15) is 30.0 Å². The molecule has 0 aromatic heterocycles. The van der Waals surface area contributed by atoms with Gasteiger partial charge in [-0.25, -0.2) is 0 Å². The Kier molecular flexibility index (Phi) is 15.4. The molecule has 0 fully saturated rings. The third-order valence-electron chi connectivity index (χ3n) is 5.93. The van der Waals surface area contributed by atoms with Crippen molar-refractivity contribution in [3.63, 3.8) is 0 Å². The van der Waals surface area contributed by atoms with E-state index >= 15 is 0 Å². The van der Waals surface area contributed by atoms with E-state index in [0.29, 0.717) is 0 Å². The van der Waals surface area contributed by atoms with Gasteiger partial charge in [0.1, 0.15) is 34.5 Å². The minimum atomic E-state index is -0.356. The molecule has 0 bridgehead atoms. The number of benzene rings is 4. The monoisotopic (exact) mass is 680 g/mol. The molecule has 4 rings (SSSR count). The number of aliphatic hydroxyl groups is 2. The predicted molar refractivity (Wildman–Crippen MR) is 180 cm³/mol. The summed E-state index contributed by atoms with van der Waals surface area (Å²) in [7, 11) is 0. The number of aliphatic hydroxyl groups excluding tert-OH is 2. The van der Waals surface area contributed by atoms with Crippen molar-refractivity contribution in [3.8, 4) is 23.0 Å². The molecule has 0 unspecified atom stereocenters. The zero-order valence-electron chi connectivity index (χ0n) is 25.2. The fourth-order valence-corrected chi connectivity index (χ4v) is 3.55. The van der Waals surface area contributed by atoms with Crippen LogP contribution in [0.4, 0.5) is 0 Å². The van der Waals surface area contributed by atoms with Crippen LogP contribution in [0.1, 0.15) is 22.3 Å². The number of rotatable bonds is 10. The molecule has 0 aliphatic rings. The Labute approximate surface area is 285 Å². The topological polar surface area (TPSA) is 156 Å². The summed E-state index contributed by atoms with van der Waals surface area (Å²) < 4.78 is 0. The number of aromatic hydroxyl groups is 4. The number of hydrogen-bond acceptors (Lipinski definition) is 8. The van der Waals surface area contributed by atoms with E-state index in [2.05, 4.69) is 0 Å². The molecular formula is C38H32O8Zn. The number of carbonyl (C=O) groups is 2. The van der Waals surface area contributed by atoms with Gasteiger partial charge in [0, 0.05) is 31.6 Å². The summed E-state index contributed by atoms with van der Waals surface area (Å²) in [5, 5.41) is 56.1. The van der Waals surface area contributed by atoms with E-state index < -0.39 is 0 Å². The van der Waals surface area contributed by atoms with Gasteiger partial charge in [0.25, 0.3) is 0 Å². The molecule has 6 N–H and O–H groups in total. The quantitative estimate of drug-likeness (QED) is 0.0431. The Morgan fingerprint density at radius 3 is 0.830 bits per heavy atom. The van der Waals surface area contributed by atoms with Gasteiger partial charge in [-0.15, -0.1) is 0 Å². The first-order valence-corrected chi connectivity index (χ1v) is 13.8. The molecule has 47 heavy (non-hydrogen) atoms. The minimum absolute atomic E-state index is 0. The number of ketones is 2. The van der Waals surface area contributed by atoms with E-state index in [1.807, 2.05) is 0 Å². The molecule has 234 valence electrons. The molecule has 9 heteroatoms. The Hall–Kier alpha value is -5.92. The first kappa shape index (κ1) is 37.3. The standard InChI is InChI=1S/2C19H16O4.Zn/c2*20-16-7-1-14(2-8-16)5-11-18(22)13-19(23)12-6-15-3-9-17(21)10-4-15;/h2*1-13,20-22H;/b2*11-5+,12-6+,18-13-;. The molecule has 4 aromatic rings. The number of allylic oxidation sites excluding steroid dienone is 6. The van der Waals surface area contributed by atoms with E-state index in [1.54, 1.807) is 72.8 Å². The minimum Gasteiger partial charge on any atom is -0.508 e. The zero-order valence-corrected chi connectivity index (χ0v) is 28.2. The van der Waals surface area contributed by atoms with Crippen LogP contribution in [0.2, 0.25) is 0 Å². The fraction of sp³-hybridized carbons (Fsp3) is 0. The number of carbonyl (C=O) groups excluding carboxylic acids is 2. The van der Waals surface area contributed by atoms with Gasteiger partial charge < -0.3 is 30.6 Å². The molecule has 0 spiro atoms. The average Bonchev–Trinajstić information content (AvgIpc) is 3.04. The van der Waals surface area contributed by atoms with E-state index in [4.69, 9.17) is 10.2 Å². The van der Waals surface area contributed by atoms with Gasteiger partial charge in [0.15, 0.2) is 11.6 Å². The maximum absolute atomic E-state index is 11.7. The van der Waals surface area contributed by atoms with Crippen molar-refractivity contribution in [3.05, 3.63) is 167 Å². The Morgan fingerprint density at radius 1 is 0.383 bits per heavy atom. The van der Waals surface area contributed by atoms with Crippen LogP contribution in [-0.2, 0) is 29.1 Å². The average molecular weight is 682 g/mol. The molecule has 0 aliphatic carbocycles. The predicted octanol–water partition coefficient (Wildman–Crippen LogP) is 7.67.